The molecule has 0 spiro atoms. The maximum absolute atomic E-state index is 13.6. The van der Waals surface area contributed by atoms with Crippen LogP contribution in [0.1, 0.15) is 5.56 Å². The predicted octanol–water partition coefficient (Wildman–Crippen LogP) is 2.89. The minimum atomic E-state index is -0.546. The first-order chi connectivity index (χ1) is 11.5. The molecule has 0 saturated carbocycles. The Bertz CT molecular complexity index is 735. The van der Waals surface area contributed by atoms with Crippen LogP contribution < -0.4 is 15.4 Å². The number of hydrogen-bond donors (Lipinski definition) is 2. The Balaban J connectivity index is 1.86. The second kappa shape index (κ2) is 8.44. The van der Waals surface area contributed by atoms with Crippen LogP contribution in [0.4, 0.5) is 10.1 Å². The lowest BCUT2D eigenvalue weighted by Crippen LogP contribution is -2.21. The first kappa shape index (κ1) is 17.9. The molecule has 2 rings (SSSR count). The molecule has 2 aromatic rings. The number of carbonyl (C=O) groups excluding carboxylic acids is 2. The summed E-state index contributed by atoms with van der Waals surface area (Å²) in [4.78, 5) is 23.1. The zero-order valence-electron chi connectivity index (χ0n) is 12.9. The van der Waals surface area contributed by atoms with Crippen molar-refractivity contribution in [2.75, 3.05) is 19.0 Å². The summed E-state index contributed by atoms with van der Waals surface area (Å²) in [7, 11) is 1.57. The first-order valence-electron chi connectivity index (χ1n) is 7.15. The Hall–Kier alpha value is -2.41. The van der Waals surface area contributed by atoms with Crippen LogP contribution >= 0.6 is 15.9 Å². The van der Waals surface area contributed by atoms with Gasteiger partial charge in [0, 0.05) is 17.2 Å². The summed E-state index contributed by atoms with van der Waals surface area (Å²) in [6, 6.07) is 11.2. The standard InChI is InChI=1S/C17H16BrFN2O3/c1-20-16(22)8-11-2-5-13(6-3-11)21-17(23)10-24-15-7-4-12(18)9-14(15)19/h2-7,9H,8,10H2,1H3,(H,20,22)(H,21,23). The number of hydrogen-bond acceptors (Lipinski definition) is 3. The third-order valence-electron chi connectivity index (χ3n) is 3.13. The first-order valence-corrected chi connectivity index (χ1v) is 7.94. The molecule has 0 aliphatic rings. The van der Waals surface area contributed by atoms with Crippen LogP contribution in [0.5, 0.6) is 5.75 Å². The van der Waals surface area contributed by atoms with Gasteiger partial charge in [-0.3, -0.25) is 9.59 Å². The van der Waals surface area contributed by atoms with Crippen LogP contribution in [0.25, 0.3) is 0 Å². The molecule has 126 valence electrons. The molecule has 2 N–H and O–H groups in total. The summed E-state index contributed by atoms with van der Waals surface area (Å²) in [6.07, 6.45) is 0.274. The Kier molecular flexibility index (Phi) is 6.31. The highest BCUT2D eigenvalue weighted by Crippen LogP contribution is 2.21. The molecular formula is C17H16BrFN2O3. The van der Waals surface area contributed by atoms with Crippen molar-refractivity contribution in [3.63, 3.8) is 0 Å². The van der Waals surface area contributed by atoms with Crippen molar-refractivity contribution in [1.82, 2.24) is 5.32 Å². The smallest absolute Gasteiger partial charge is 0.262 e. The van der Waals surface area contributed by atoms with E-state index in [4.69, 9.17) is 4.74 Å². The molecule has 0 atom stereocenters. The van der Waals surface area contributed by atoms with E-state index in [1.54, 1.807) is 37.4 Å². The van der Waals surface area contributed by atoms with E-state index < -0.39 is 11.7 Å². The minimum Gasteiger partial charge on any atom is -0.481 e. The predicted molar refractivity (Wildman–Crippen MR) is 92.4 cm³/mol. The van der Waals surface area contributed by atoms with Gasteiger partial charge in [0.2, 0.25) is 5.91 Å². The molecule has 0 aliphatic heterocycles. The van der Waals surface area contributed by atoms with E-state index >= 15 is 0 Å². The highest BCUT2D eigenvalue weighted by molar-refractivity contribution is 9.10. The average Bonchev–Trinajstić information content (AvgIpc) is 2.55. The van der Waals surface area contributed by atoms with E-state index in [9.17, 15) is 14.0 Å². The van der Waals surface area contributed by atoms with Crippen molar-refractivity contribution in [3.8, 4) is 5.75 Å². The minimum absolute atomic E-state index is 0.00859. The van der Waals surface area contributed by atoms with Crippen molar-refractivity contribution in [1.29, 1.82) is 0 Å². The third kappa shape index (κ3) is 5.34. The van der Waals surface area contributed by atoms with Crippen molar-refractivity contribution in [2.45, 2.75) is 6.42 Å². The summed E-state index contributed by atoms with van der Waals surface area (Å²) < 4.78 is 19.3. The molecule has 0 aromatic heterocycles. The van der Waals surface area contributed by atoms with Gasteiger partial charge in [-0.25, -0.2) is 4.39 Å². The Morgan fingerprint density at radius 2 is 1.83 bits per heavy atom. The summed E-state index contributed by atoms with van der Waals surface area (Å²) in [5, 5.41) is 5.18. The highest BCUT2D eigenvalue weighted by atomic mass is 79.9. The van der Waals surface area contributed by atoms with Crippen LogP contribution in [-0.4, -0.2) is 25.5 Å². The molecule has 2 amide bonds. The third-order valence-corrected chi connectivity index (χ3v) is 3.63. The normalized spacial score (nSPS) is 10.1. The average molecular weight is 395 g/mol. The fourth-order valence-corrected chi connectivity index (χ4v) is 2.25. The second-order valence-electron chi connectivity index (χ2n) is 4.96. The van der Waals surface area contributed by atoms with Gasteiger partial charge in [-0.15, -0.1) is 0 Å². The van der Waals surface area contributed by atoms with E-state index in [0.717, 1.165) is 5.56 Å². The Morgan fingerprint density at radius 1 is 1.12 bits per heavy atom. The number of ether oxygens (including phenoxy) is 1. The van der Waals surface area contributed by atoms with Gasteiger partial charge in [-0.2, -0.15) is 0 Å². The zero-order valence-corrected chi connectivity index (χ0v) is 14.5. The van der Waals surface area contributed by atoms with Crippen LogP contribution in [0.2, 0.25) is 0 Å². The fraction of sp³-hybridized carbons (Fsp3) is 0.176. The fourth-order valence-electron chi connectivity index (χ4n) is 1.91. The topological polar surface area (TPSA) is 67.4 Å². The van der Waals surface area contributed by atoms with Gasteiger partial charge in [0.15, 0.2) is 18.2 Å². The van der Waals surface area contributed by atoms with E-state index in [1.165, 1.54) is 12.1 Å². The van der Waals surface area contributed by atoms with Crippen LogP contribution in [0.15, 0.2) is 46.9 Å². The quantitative estimate of drug-likeness (QED) is 0.791. The van der Waals surface area contributed by atoms with Gasteiger partial charge < -0.3 is 15.4 Å². The van der Waals surface area contributed by atoms with E-state index in [1.807, 2.05) is 0 Å². The Morgan fingerprint density at radius 3 is 2.46 bits per heavy atom. The maximum atomic E-state index is 13.6. The second-order valence-corrected chi connectivity index (χ2v) is 5.87. The lowest BCUT2D eigenvalue weighted by Gasteiger charge is -2.09. The van der Waals surface area contributed by atoms with Crippen molar-refractivity contribution >= 4 is 33.4 Å². The molecule has 0 aliphatic carbocycles. The largest absolute Gasteiger partial charge is 0.481 e. The molecule has 0 heterocycles. The number of amides is 2. The lowest BCUT2D eigenvalue weighted by atomic mass is 10.1. The SMILES string of the molecule is CNC(=O)Cc1ccc(NC(=O)COc2ccc(Br)cc2F)cc1. The van der Waals surface area contributed by atoms with Gasteiger partial charge in [0.1, 0.15) is 0 Å². The van der Waals surface area contributed by atoms with Crippen molar-refractivity contribution in [2.24, 2.45) is 0 Å². The molecule has 0 bridgehead atoms. The molecule has 0 radical (unpaired) electrons. The van der Waals surface area contributed by atoms with E-state index in [0.29, 0.717) is 10.2 Å². The number of anilines is 1. The zero-order chi connectivity index (χ0) is 17.5. The summed E-state index contributed by atoms with van der Waals surface area (Å²) in [5.41, 5.74) is 1.40. The highest BCUT2D eigenvalue weighted by Gasteiger charge is 2.08. The number of rotatable bonds is 6. The van der Waals surface area contributed by atoms with Gasteiger partial charge in [-0.1, -0.05) is 28.1 Å². The van der Waals surface area contributed by atoms with Gasteiger partial charge in [-0.05, 0) is 35.9 Å². The number of benzene rings is 2. The molecule has 24 heavy (non-hydrogen) atoms. The number of likely N-dealkylation sites (N-methyl/N-ethyl adjacent to an activating group) is 1. The maximum Gasteiger partial charge on any atom is 0.262 e. The monoisotopic (exact) mass is 394 g/mol. The van der Waals surface area contributed by atoms with Crippen LogP contribution in [0, 0.1) is 5.82 Å². The van der Waals surface area contributed by atoms with Gasteiger partial charge in [0.25, 0.3) is 5.91 Å². The van der Waals surface area contributed by atoms with Crippen LogP contribution in [-0.2, 0) is 16.0 Å². The number of halogens is 2. The van der Waals surface area contributed by atoms with E-state index in [2.05, 4.69) is 26.6 Å². The lowest BCUT2D eigenvalue weighted by molar-refractivity contribution is -0.120. The molecule has 7 heteroatoms. The van der Waals surface area contributed by atoms with Crippen molar-refractivity contribution in [3.05, 3.63) is 58.3 Å². The Labute approximate surface area is 147 Å². The van der Waals surface area contributed by atoms with Crippen molar-refractivity contribution < 1.29 is 18.7 Å². The van der Waals surface area contributed by atoms with Crippen LogP contribution in [0.3, 0.4) is 0 Å². The summed E-state index contributed by atoms with van der Waals surface area (Å²) in [5.74, 6) is -1.03. The molecule has 5 nitrogen and oxygen atoms in total. The number of carbonyl (C=O) groups is 2. The molecule has 0 fully saturated rings. The van der Waals surface area contributed by atoms with E-state index in [-0.39, 0.29) is 24.7 Å². The molecule has 2 aromatic carbocycles. The molecular weight excluding hydrogens is 379 g/mol. The molecule has 0 saturated heterocycles. The van der Waals surface area contributed by atoms with Gasteiger partial charge >= 0.3 is 0 Å². The summed E-state index contributed by atoms with van der Waals surface area (Å²) in [6.45, 7) is -0.307. The summed E-state index contributed by atoms with van der Waals surface area (Å²) >= 11 is 3.15. The van der Waals surface area contributed by atoms with Gasteiger partial charge in [0.05, 0.1) is 6.42 Å². The molecule has 0 unspecified atom stereocenters. The number of nitrogens with one attached hydrogen (secondary N) is 2.